The van der Waals surface area contributed by atoms with Gasteiger partial charge in [-0.05, 0) is 77.2 Å². The van der Waals surface area contributed by atoms with Gasteiger partial charge in [-0.2, -0.15) is 4.31 Å². The number of aryl methyl sites for hydroxylation is 1. The molecule has 1 fully saturated rings. The van der Waals surface area contributed by atoms with Crippen LogP contribution in [-0.4, -0.2) is 38.3 Å². The predicted octanol–water partition coefficient (Wildman–Crippen LogP) is 4.20. The monoisotopic (exact) mass is 480 g/mol. The van der Waals surface area contributed by atoms with Crippen LogP contribution in [0, 0.1) is 0 Å². The molecule has 29 heavy (non-hydrogen) atoms. The molecule has 0 aromatic heterocycles. The summed E-state index contributed by atoms with van der Waals surface area (Å²) in [6.45, 7) is 3.05. The highest BCUT2D eigenvalue weighted by Crippen LogP contribution is 2.26. The Hall–Kier alpha value is -1.90. The standard InChI is InChI=1S/C21H25BrN2O4S/c1-2-16-6-11-20(19(22)14-16)28-15-21(25)23-17-7-9-18(10-8-17)29(26,27)24-12-4-3-5-13-24/h6-11,14H,2-5,12-13,15H2,1H3,(H,23,25). The van der Waals surface area contributed by atoms with Gasteiger partial charge in [0.2, 0.25) is 10.0 Å². The summed E-state index contributed by atoms with van der Waals surface area (Å²) in [5.74, 6) is 0.281. The minimum atomic E-state index is -3.47. The molecule has 1 aliphatic rings. The Morgan fingerprint density at radius 3 is 2.41 bits per heavy atom. The van der Waals surface area contributed by atoms with Crippen molar-refractivity contribution in [2.75, 3.05) is 25.0 Å². The van der Waals surface area contributed by atoms with Gasteiger partial charge in [0, 0.05) is 18.8 Å². The van der Waals surface area contributed by atoms with E-state index in [2.05, 4.69) is 28.2 Å². The van der Waals surface area contributed by atoms with E-state index in [-0.39, 0.29) is 17.4 Å². The maximum absolute atomic E-state index is 12.7. The first-order chi connectivity index (χ1) is 13.9. The fourth-order valence-electron chi connectivity index (χ4n) is 3.19. The Kier molecular flexibility index (Phi) is 7.32. The van der Waals surface area contributed by atoms with Gasteiger partial charge in [0.05, 0.1) is 9.37 Å². The molecule has 3 rings (SSSR count). The number of hydrogen-bond donors (Lipinski definition) is 1. The van der Waals surface area contributed by atoms with E-state index in [1.165, 1.54) is 22.0 Å². The average Bonchev–Trinajstić information content (AvgIpc) is 2.74. The number of piperidine rings is 1. The predicted molar refractivity (Wildman–Crippen MR) is 117 cm³/mol. The number of benzene rings is 2. The number of anilines is 1. The summed E-state index contributed by atoms with van der Waals surface area (Å²) in [7, 11) is -3.47. The van der Waals surface area contributed by atoms with Crippen LogP contribution in [0.3, 0.4) is 0 Å². The average molecular weight is 481 g/mol. The van der Waals surface area contributed by atoms with Crippen LogP contribution in [0.2, 0.25) is 0 Å². The van der Waals surface area contributed by atoms with E-state index in [4.69, 9.17) is 4.74 Å². The number of nitrogens with one attached hydrogen (secondary N) is 1. The summed E-state index contributed by atoms with van der Waals surface area (Å²) in [4.78, 5) is 12.4. The quantitative estimate of drug-likeness (QED) is 0.643. The Labute approximate surface area is 180 Å². The van der Waals surface area contributed by atoms with Crippen LogP contribution in [0.5, 0.6) is 5.75 Å². The fraction of sp³-hybridized carbons (Fsp3) is 0.381. The smallest absolute Gasteiger partial charge is 0.262 e. The van der Waals surface area contributed by atoms with Gasteiger partial charge < -0.3 is 10.1 Å². The van der Waals surface area contributed by atoms with Crippen molar-refractivity contribution < 1.29 is 17.9 Å². The van der Waals surface area contributed by atoms with Crippen molar-refractivity contribution >= 4 is 37.5 Å². The number of carbonyl (C=O) groups is 1. The van der Waals surface area contributed by atoms with Crippen LogP contribution < -0.4 is 10.1 Å². The molecular weight excluding hydrogens is 456 g/mol. The second-order valence-electron chi connectivity index (χ2n) is 6.94. The second-order valence-corrected chi connectivity index (χ2v) is 9.74. The van der Waals surface area contributed by atoms with Gasteiger partial charge in [0.1, 0.15) is 5.75 Å². The second kappa shape index (κ2) is 9.73. The van der Waals surface area contributed by atoms with Crippen LogP contribution in [0.15, 0.2) is 51.8 Å². The maximum atomic E-state index is 12.7. The summed E-state index contributed by atoms with van der Waals surface area (Å²) < 4.78 is 33.2. The Balaban J connectivity index is 1.57. The van der Waals surface area contributed by atoms with Crippen LogP contribution in [0.1, 0.15) is 31.7 Å². The van der Waals surface area contributed by atoms with Crippen molar-refractivity contribution in [1.82, 2.24) is 4.31 Å². The van der Waals surface area contributed by atoms with E-state index in [1.54, 1.807) is 12.1 Å². The topological polar surface area (TPSA) is 75.7 Å². The van der Waals surface area contributed by atoms with E-state index in [0.717, 1.165) is 30.2 Å². The Morgan fingerprint density at radius 1 is 1.10 bits per heavy atom. The zero-order chi connectivity index (χ0) is 20.9. The van der Waals surface area contributed by atoms with Crippen LogP contribution in [0.25, 0.3) is 0 Å². The normalized spacial score (nSPS) is 15.1. The zero-order valence-electron chi connectivity index (χ0n) is 16.4. The van der Waals surface area contributed by atoms with Gasteiger partial charge >= 0.3 is 0 Å². The van der Waals surface area contributed by atoms with Crippen molar-refractivity contribution in [3.8, 4) is 5.75 Å². The minimum absolute atomic E-state index is 0.141. The molecular formula is C21H25BrN2O4S. The minimum Gasteiger partial charge on any atom is -0.483 e. The van der Waals surface area contributed by atoms with E-state index < -0.39 is 10.0 Å². The number of amides is 1. The lowest BCUT2D eigenvalue weighted by Gasteiger charge is -2.25. The highest BCUT2D eigenvalue weighted by Gasteiger charge is 2.25. The third-order valence-corrected chi connectivity index (χ3v) is 7.39. The van der Waals surface area contributed by atoms with Crippen LogP contribution >= 0.6 is 15.9 Å². The third-order valence-electron chi connectivity index (χ3n) is 4.85. The summed E-state index contributed by atoms with van der Waals surface area (Å²) in [5.41, 5.74) is 1.70. The highest BCUT2D eigenvalue weighted by atomic mass is 79.9. The van der Waals surface area contributed by atoms with E-state index in [9.17, 15) is 13.2 Å². The molecule has 0 unspecified atom stereocenters. The van der Waals surface area contributed by atoms with Gasteiger partial charge in [-0.1, -0.05) is 19.4 Å². The summed E-state index contributed by atoms with van der Waals surface area (Å²) in [6.07, 6.45) is 3.77. The van der Waals surface area contributed by atoms with E-state index in [0.29, 0.717) is 24.5 Å². The Bertz CT molecular complexity index is 955. The largest absolute Gasteiger partial charge is 0.483 e. The number of halogens is 1. The third kappa shape index (κ3) is 5.58. The van der Waals surface area contributed by atoms with Gasteiger partial charge in [-0.25, -0.2) is 8.42 Å². The molecule has 0 radical (unpaired) electrons. The summed E-state index contributed by atoms with van der Waals surface area (Å²) >= 11 is 3.45. The lowest BCUT2D eigenvalue weighted by atomic mass is 10.2. The molecule has 0 bridgehead atoms. The molecule has 0 aliphatic carbocycles. The summed E-state index contributed by atoms with van der Waals surface area (Å²) in [6, 6.07) is 12.0. The molecule has 156 valence electrons. The molecule has 1 N–H and O–H groups in total. The van der Waals surface area contributed by atoms with Gasteiger partial charge in [0.25, 0.3) is 5.91 Å². The van der Waals surface area contributed by atoms with Crippen molar-refractivity contribution in [2.45, 2.75) is 37.5 Å². The number of hydrogen-bond acceptors (Lipinski definition) is 4. The maximum Gasteiger partial charge on any atom is 0.262 e. The number of rotatable bonds is 7. The first-order valence-electron chi connectivity index (χ1n) is 9.71. The molecule has 1 heterocycles. The number of ether oxygens (including phenoxy) is 1. The lowest BCUT2D eigenvalue weighted by molar-refractivity contribution is -0.118. The number of sulfonamides is 1. The van der Waals surface area contributed by atoms with Crippen molar-refractivity contribution in [3.05, 3.63) is 52.5 Å². The number of carbonyl (C=O) groups excluding carboxylic acids is 1. The molecule has 1 aliphatic heterocycles. The lowest BCUT2D eigenvalue weighted by Crippen LogP contribution is -2.35. The van der Waals surface area contributed by atoms with Crippen molar-refractivity contribution in [2.24, 2.45) is 0 Å². The first kappa shape index (κ1) is 21.8. The van der Waals surface area contributed by atoms with Crippen LogP contribution in [0.4, 0.5) is 5.69 Å². The van der Waals surface area contributed by atoms with E-state index in [1.807, 2.05) is 18.2 Å². The molecule has 2 aromatic rings. The van der Waals surface area contributed by atoms with Crippen molar-refractivity contribution in [3.63, 3.8) is 0 Å². The van der Waals surface area contributed by atoms with Crippen molar-refractivity contribution in [1.29, 1.82) is 0 Å². The van der Waals surface area contributed by atoms with Gasteiger partial charge in [0.15, 0.2) is 6.61 Å². The van der Waals surface area contributed by atoms with Gasteiger partial charge in [-0.3, -0.25) is 4.79 Å². The molecule has 2 aromatic carbocycles. The molecule has 0 spiro atoms. The highest BCUT2D eigenvalue weighted by molar-refractivity contribution is 9.10. The van der Waals surface area contributed by atoms with E-state index >= 15 is 0 Å². The molecule has 1 amide bonds. The van der Waals surface area contributed by atoms with Gasteiger partial charge in [-0.15, -0.1) is 0 Å². The molecule has 1 saturated heterocycles. The summed E-state index contributed by atoms with van der Waals surface area (Å²) in [5, 5.41) is 2.72. The Morgan fingerprint density at radius 2 is 1.79 bits per heavy atom. The zero-order valence-corrected chi connectivity index (χ0v) is 18.8. The fourth-order valence-corrected chi connectivity index (χ4v) is 5.24. The SMILES string of the molecule is CCc1ccc(OCC(=O)Nc2ccc(S(=O)(=O)N3CCCCC3)cc2)c(Br)c1. The molecule has 0 atom stereocenters. The first-order valence-corrected chi connectivity index (χ1v) is 11.9. The van der Waals surface area contributed by atoms with Crippen LogP contribution in [-0.2, 0) is 21.2 Å². The molecule has 6 nitrogen and oxygen atoms in total. The molecule has 8 heteroatoms. The molecule has 0 saturated carbocycles. The number of nitrogens with zero attached hydrogens (tertiary/aromatic N) is 1.